The molecule has 0 unspecified atom stereocenters. The fraction of sp³-hybridized carbons (Fsp3) is 0.529. The molecule has 0 amide bonds. The van der Waals surface area contributed by atoms with Crippen LogP contribution < -0.4 is 0 Å². The molecular formula is C17H22N2O3. The van der Waals surface area contributed by atoms with Gasteiger partial charge in [0.25, 0.3) is 0 Å². The van der Waals surface area contributed by atoms with Gasteiger partial charge < -0.3 is 4.74 Å². The average molecular weight is 302 g/mol. The monoisotopic (exact) mass is 302 g/mol. The second kappa shape index (κ2) is 7.39. The molecule has 2 atom stereocenters. The van der Waals surface area contributed by atoms with Gasteiger partial charge in [0.15, 0.2) is 0 Å². The van der Waals surface area contributed by atoms with Gasteiger partial charge in [-0.2, -0.15) is 10.3 Å². The first-order valence-electron chi connectivity index (χ1n) is 7.55. The molecule has 1 aromatic carbocycles. The molecule has 0 saturated carbocycles. The van der Waals surface area contributed by atoms with Gasteiger partial charge in [-0.1, -0.05) is 26.0 Å². The predicted molar refractivity (Wildman–Crippen MR) is 81.6 cm³/mol. The SMILES string of the molecule is CC(C)COC(=O)C[C@@H]1C[C@@H](c2ccc(C#N)cc2)N(C)O1. The van der Waals surface area contributed by atoms with E-state index in [0.717, 1.165) is 12.0 Å². The highest BCUT2D eigenvalue weighted by molar-refractivity contribution is 5.70. The van der Waals surface area contributed by atoms with E-state index < -0.39 is 0 Å². The highest BCUT2D eigenvalue weighted by atomic mass is 16.7. The molecule has 1 aliphatic heterocycles. The topological polar surface area (TPSA) is 62.6 Å². The van der Waals surface area contributed by atoms with Crippen molar-refractivity contribution in [3.05, 3.63) is 35.4 Å². The van der Waals surface area contributed by atoms with Crippen LogP contribution in [0.1, 0.15) is 43.9 Å². The number of nitriles is 1. The number of benzene rings is 1. The molecule has 0 aromatic heterocycles. The number of carbonyl (C=O) groups excluding carboxylic acids is 1. The molecule has 2 rings (SSSR count). The van der Waals surface area contributed by atoms with Crippen LogP contribution in [0, 0.1) is 17.2 Å². The van der Waals surface area contributed by atoms with E-state index in [4.69, 9.17) is 14.8 Å². The molecule has 22 heavy (non-hydrogen) atoms. The van der Waals surface area contributed by atoms with E-state index in [0.29, 0.717) is 18.1 Å². The fourth-order valence-corrected chi connectivity index (χ4v) is 2.50. The van der Waals surface area contributed by atoms with Crippen LogP contribution in [0.5, 0.6) is 0 Å². The summed E-state index contributed by atoms with van der Waals surface area (Å²) in [5, 5.41) is 10.6. The van der Waals surface area contributed by atoms with E-state index in [1.165, 1.54) is 0 Å². The van der Waals surface area contributed by atoms with Gasteiger partial charge in [0, 0.05) is 7.05 Å². The number of hydrogen-bond donors (Lipinski definition) is 0. The van der Waals surface area contributed by atoms with Crippen LogP contribution >= 0.6 is 0 Å². The summed E-state index contributed by atoms with van der Waals surface area (Å²) in [6.45, 7) is 4.46. The lowest BCUT2D eigenvalue weighted by Crippen LogP contribution is -2.19. The van der Waals surface area contributed by atoms with Crippen LogP contribution in [0.3, 0.4) is 0 Å². The third kappa shape index (κ3) is 4.30. The summed E-state index contributed by atoms with van der Waals surface area (Å²) >= 11 is 0. The first-order chi connectivity index (χ1) is 10.5. The number of carbonyl (C=O) groups is 1. The van der Waals surface area contributed by atoms with Crippen molar-refractivity contribution in [1.29, 1.82) is 5.26 Å². The van der Waals surface area contributed by atoms with Crippen LogP contribution in [0.15, 0.2) is 24.3 Å². The number of esters is 1. The third-order valence-electron chi connectivity index (χ3n) is 3.64. The van der Waals surface area contributed by atoms with Gasteiger partial charge in [-0.25, -0.2) is 0 Å². The van der Waals surface area contributed by atoms with E-state index in [-0.39, 0.29) is 24.5 Å². The highest BCUT2D eigenvalue weighted by Crippen LogP contribution is 2.34. The molecule has 0 bridgehead atoms. The Morgan fingerprint density at radius 3 is 2.73 bits per heavy atom. The Balaban J connectivity index is 1.91. The van der Waals surface area contributed by atoms with Crippen molar-refractivity contribution >= 4 is 5.97 Å². The first kappa shape index (κ1) is 16.5. The summed E-state index contributed by atoms with van der Waals surface area (Å²) in [7, 11) is 1.86. The second-order valence-corrected chi connectivity index (χ2v) is 6.04. The first-order valence-corrected chi connectivity index (χ1v) is 7.55. The molecular weight excluding hydrogens is 280 g/mol. The molecule has 0 N–H and O–H groups in total. The summed E-state index contributed by atoms with van der Waals surface area (Å²) < 4.78 is 5.20. The van der Waals surface area contributed by atoms with E-state index in [9.17, 15) is 4.79 Å². The number of rotatable bonds is 5. The Bertz CT molecular complexity index is 548. The highest BCUT2D eigenvalue weighted by Gasteiger charge is 2.33. The van der Waals surface area contributed by atoms with Gasteiger partial charge in [0.05, 0.1) is 36.8 Å². The summed E-state index contributed by atoms with van der Waals surface area (Å²) in [5.74, 6) is 0.120. The van der Waals surface area contributed by atoms with Crippen LogP contribution in [0.4, 0.5) is 0 Å². The molecule has 0 aliphatic carbocycles. The second-order valence-electron chi connectivity index (χ2n) is 6.04. The smallest absolute Gasteiger partial charge is 0.308 e. The lowest BCUT2D eigenvalue weighted by Gasteiger charge is -2.17. The van der Waals surface area contributed by atoms with Crippen LogP contribution in [-0.2, 0) is 14.4 Å². The van der Waals surface area contributed by atoms with Gasteiger partial charge in [-0.05, 0) is 30.0 Å². The molecule has 1 fully saturated rings. The van der Waals surface area contributed by atoms with Crippen molar-refractivity contribution in [2.24, 2.45) is 5.92 Å². The molecule has 0 spiro atoms. The molecule has 0 radical (unpaired) electrons. The van der Waals surface area contributed by atoms with Crippen molar-refractivity contribution in [3.8, 4) is 6.07 Å². The standard InChI is InChI=1S/C17H22N2O3/c1-12(2)11-21-17(20)9-15-8-16(19(3)22-15)14-6-4-13(10-18)5-7-14/h4-7,12,15-16H,8-9,11H2,1-3H3/t15-,16-/m0/s1. The Hall–Kier alpha value is -1.90. The number of nitrogens with zero attached hydrogens (tertiary/aromatic N) is 2. The zero-order valence-corrected chi connectivity index (χ0v) is 13.3. The van der Waals surface area contributed by atoms with Crippen molar-refractivity contribution in [1.82, 2.24) is 5.06 Å². The molecule has 1 aromatic rings. The summed E-state index contributed by atoms with van der Waals surface area (Å²) in [4.78, 5) is 17.5. The molecule has 118 valence electrons. The predicted octanol–water partition coefficient (Wildman–Crippen LogP) is 2.82. The molecule has 1 heterocycles. The normalized spacial score (nSPS) is 21.8. The van der Waals surface area contributed by atoms with Crippen LogP contribution in [0.25, 0.3) is 0 Å². The third-order valence-corrected chi connectivity index (χ3v) is 3.64. The summed E-state index contributed by atoms with van der Waals surface area (Å²) in [6, 6.07) is 9.67. The van der Waals surface area contributed by atoms with Gasteiger partial charge in [-0.3, -0.25) is 9.63 Å². The minimum atomic E-state index is -0.215. The van der Waals surface area contributed by atoms with Gasteiger partial charge in [0.1, 0.15) is 0 Å². The minimum Gasteiger partial charge on any atom is -0.465 e. The van der Waals surface area contributed by atoms with Crippen molar-refractivity contribution in [3.63, 3.8) is 0 Å². The quantitative estimate of drug-likeness (QED) is 0.783. The zero-order valence-electron chi connectivity index (χ0n) is 13.3. The van der Waals surface area contributed by atoms with Gasteiger partial charge in [-0.15, -0.1) is 0 Å². The van der Waals surface area contributed by atoms with E-state index in [1.54, 1.807) is 17.2 Å². The Morgan fingerprint density at radius 1 is 1.45 bits per heavy atom. The lowest BCUT2D eigenvalue weighted by atomic mass is 9.99. The Morgan fingerprint density at radius 2 is 2.14 bits per heavy atom. The van der Waals surface area contributed by atoms with Gasteiger partial charge >= 0.3 is 5.97 Å². The largest absolute Gasteiger partial charge is 0.465 e. The minimum absolute atomic E-state index is 0.0932. The van der Waals surface area contributed by atoms with Crippen molar-refractivity contribution < 1.29 is 14.4 Å². The molecule has 1 aliphatic rings. The summed E-state index contributed by atoms with van der Waals surface area (Å²) in [5.41, 5.74) is 1.72. The van der Waals surface area contributed by atoms with Crippen molar-refractivity contribution in [2.45, 2.75) is 38.8 Å². The molecule has 5 heteroatoms. The van der Waals surface area contributed by atoms with Crippen LogP contribution in [-0.4, -0.2) is 30.8 Å². The fourth-order valence-electron chi connectivity index (χ4n) is 2.50. The number of hydrogen-bond acceptors (Lipinski definition) is 5. The maximum atomic E-state index is 11.8. The Labute approximate surface area is 131 Å². The zero-order chi connectivity index (χ0) is 16.1. The van der Waals surface area contributed by atoms with Gasteiger partial charge in [0.2, 0.25) is 0 Å². The Kier molecular flexibility index (Phi) is 5.53. The number of hydroxylamine groups is 2. The lowest BCUT2D eigenvalue weighted by molar-refractivity contribution is -0.163. The number of ether oxygens (including phenoxy) is 1. The summed E-state index contributed by atoms with van der Waals surface area (Å²) in [6.07, 6.45) is 0.841. The average Bonchev–Trinajstić information content (AvgIpc) is 2.85. The maximum absolute atomic E-state index is 11.8. The molecule has 5 nitrogen and oxygen atoms in total. The molecule has 1 saturated heterocycles. The van der Waals surface area contributed by atoms with Crippen molar-refractivity contribution in [2.75, 3.05) is 13.7 Å². The van der Waals surface area contributed by atoms with E-state index in [2.05, 4.69) is 6.07 Å². The maximum Gasteiger partial charge on any atom is 0.308 e. The van der Waals surface area contributed by atoms with Crippen LogP contribution in [0.2, 0.25) is 0 Å². The van der Waals surface area contributed by atoms with E-state index in [1.807, 2.05) is 33.0 Å². The van der Waals surface area contributed by atoms with E-state index >= 15 is 0 Å².